The number of halogens is 1. The summed E-state index contributed by atoms with van der Waals surface area (Å²) < 4.78 is 7.57. The zero-order valence-corrected chi connectivity index (χ0v) is 19.4. The maximum atomic E-state index is 12.9. The van der Waals surface area contributed by atoms with Crippen molar-refractivity contribution < 1.29 is 9.53 Å². The Bertz CT molecular complexity index is 1050. The van der Waals surface area contributed by atoms with Gasteiger partial charge >= 0.3 is 0 Å². The van der Waals surface area contributed by atoms with Gasteiger partial charge in [-0.3, -0.25) is 4.79 Å². The highest BCUT2D eigenvalue weighted by atomic mass is 35.5. The van der Waals surface area contributed by atoms with Crippen molar-refractivity contribution in [3.05, 3.63) is 50.9 Å². The SMILES string of the molecule is COc1cc(Cl)c(C)cc1NC(=O)C(C)Sc1nnc(Cc2cccs2)n1C1CC1. The Hall–Kier alpha value is -2.03. The fraction of sp³-hybridized carbons (Fsp3) is 0.381. The van der Waals surface area contributed by atoms with Crippen LogP contribution in [-0.2, 0) is 11.2 Å². The number of amides is 1. The average Bonchev–Trinajstić information content (AvgIpc) is 3.28. The molecule has 0 spiro atoms. The predicted octanol–water partition coefficient (Wildman–Crippen LogP) is 5.36. The summed E-state index contributed by atoms with van der Waals surface area (Å²) in [6.07, 6.45) is 3.03. The number of benzene rings is 1. The monoisotopic (exact) mass is 462 g/mol. The number of thiophene rings is 1. The van der Waals surface area contributed by atoms with Crippen LogP contribution in [-0.4, -0.2) is 33.0 Å². The molecule has 0 aliphatic heterocycles. The summed E-state index contributed by atoms with van der Waals surface area (Å²) in [5.74, 6) is 1.38. The molecule has 6 nitrogen and oxygen atoms in total. The van der Waals surface area contributed by atoms with Crippen LogP contribution in [0.4, 0.5) is 5.69 Å². The Morgan fingerprint density at radius 2 is 2.23 bits per heavy atom. The highest BCUT2D eigenvalue weighted by molar-refractivity contribution is 8.00. The Morgan fingerprint density at radius 3 is 2.90 bits per heavy atom. The first-order chi connectivity index (χ1) is 14.5. The lowest BCUT2D eigenvalue weighted by molar-refractivity contribution is -0.115. The molecule has 4 rings (SSSR count). The third kappa shape index (κ3) is 4.66. The largest absolute Gasteiger partial charge is 0.495 e. The van der Waals surface area contributed by atoms with Gasteiger partial charge in [0.2, 0.25) is 5.91 Å². The van der Waals surface area contributed by atoms with Crippen LogP contribution in [0.3, 0.4) is 0 Å². The average molecular weight is 463 g/mol. The number of thioether (sulfide) groups is 1. The normalized spacial score (nSPS) is 14.5. The second-order valence-corrected chi connectivity index (χ2v) is 10.1. The molecule has 1 fully saturated rings. The van der Waals surface area contributed by atoms with Crippen LogP contribution < -0.4 is 10.1 Å². The number of rotatable bonds is 8. The van der Waals surface area contributed by atoms with E-state index in [0.29, 0.717) is 22.5 Å². The lowest BCUT2D eigenvalue weighted by atomic mass is 10.2. The molecule has 1 aromatic carbocycles. The molecule has 1 aliphatic carbocycles. The van der Waals surface area contributed by atoms with Crippen molar-refractivity contribution in [3.63, 3.8) is 0 Å². The van der Waals surface area contributed by atoms with E-state index in [1.807, 2.05) is 26.0 Å². The minimum atomic E-state index is -0.345. The minimum Gasteiger partial charge on any atom is -0.495 e. The third-order valence-electron chi connectivity index (χ3n) is 4.95. The number of methoxy groups -OCH3 is 1. The van der Waals surface area contributed by atoms with Gasteiger partial charge in [0.05, 0.1) is 18.0 Å². The maximum absolute atomic E-state index is 12.9. The summed E-state index contributed by atoms with van der Waals surface area (Å²) in [5, 5.41) is 14.9. The van der Waals surface area contributed by atoms with E-state index in [9.17, 15) is 4.79 Å². The Morgan fingerprint density at radius 1 is 1.43 bits per heavy atom. The predicted molar refractivity (Wildman–Crippen MR) is 122 cm³/mol. The highest BCUT2D eigenvalue weighted by Gasteiger charge is 2.31. The van der Waals surface area contributed by atoms with Crippen molar-refractivity contribution in [2.45, 2.75) is 49.6 Å². The number of carbonyl (C=O) groups is 1. The Balaban J connectivity index is 1.49. The first-order valence-electron chi connectivity index (χ1n) is 9.74. The molecule has 9 heteroatoms. The number of hydrogen-bond donors (Lipinski definition) is 1. The molecule has 1 unspecified atom stereocenters. The molecule has 1 saturated carbocycles. The Kier molecular flexibility index (Phi) is 6.36. The van der Waals surface area contributed by atoms with Gasteiger partial charge in [0.15, 0.2) is 5.16 Å². The van der Waals surface area contributed by atoms with E-state index in [-0.39, 0.29) is 11.2 Å². The molecular formula is C21H23ClN4O2S2. The van der Waals surface area contributed by atoms with Crippen molar-refractivity contribution in [2.75, 3.05) is 12.4 Å². The van der Waals surface area contributed by atoms with E-state index in [1.54, 1.807) is 24.5 Å². The molecule has 2 heterocycles. The standard InChI is InChI=1S/C21H23ClN4O2S2/c1-12-9-17(18(28-3)11-16(12)22)23-20(27)13(2)30-21-25-24-19(26(21)14-6-7-14)10-15-5-4-8-29-15/h4-5,8-9,11,13-14H,6-7,10H2,1-3H3,(H,23,27). The first-order valence-corrected chi connectivity index (χ1v) is 11.9. The van der Waals surface area contributed by atoms with Gasteiger partial charge in [0.1, 0.15) is 11.6 Å². The maximum Gasteiger partial charge on any atom is 0.237 e. The fourth-order valence-electron chi connectivity index (χ4n) is 3.15. The molecule has 1 amide bonds. The molecule has 0 saturated heterocycles. The molecule has 0 bridgehead atoms. The number of aryl methyl sites for hydroxylation is 1. The van der Waals surface area contributed by atoms with Crippen LogP contribution in [0, 0.1) is 6.92 Å². The smallest absolute Gasteiger partial charge is 0.237 e. The first kappa shape index (κ1) is 21.2. The molecule has 158 valence electrons. The second-order valence-electron chi connectivity index (χ2n) is 7.31. The summed E-state index contributed by atoms with van der Waals surface area (Å²) >= 11 is 9.32. The van der Waals surface area contributed by atoms with Gasteiger partial charge in [0, 0.05) is 28.4 Å². The van der Waals surface area contributed by atoms with Gasteiger partial charge in [-0.25, -0.2) is 0 Å². The van der Waals surface area contributed by atoms with E-state index in [4.69, 9.17) is 16.3 Å². The number of nitrogens with zero attached hydrogens (tertiary/aromatic N) is 3. The fourth-order valence-corrected chi connectivity index (χ4v) is 4.95. The highest BCUT2D eigenvalue weighted by Crippen LogP contribution is 2.40. The van der Waals surface area contributed by atoms with Crippen LogP contribution in [0.2, 0.25) is 5.02 Å². The van der Waals surface area contributed by atoms with E-state index >= 15 is 0 Å². The van der Waals surface area contributed by atoms with Gasteiger partial charge in [-0.2, -0.15) is 0 Å². The third-order valence-corrected chi connectivity index (χ3v) is 7.29. The van der Waals surface area contributed by atoms with Gasteiger partial charge in [-0.15, -0.1) is 21.5 Å². The number of anilines is 1. The molecule has 3 aromatic rings. The minimum absolute atomic E-state index is 0.120. The number of aromatic nitrogens is 3. The zero-order valence-electron chi connectivity index (χ0n) is 17.0. The van der Waals surface area contributed by atoms with Crippen molar-refractivity contribution in [1.82, 2.24) is 14.8 Å². The lowest BCUT2D eigenvalue weighted by Gasteiger charge is -2.16. The number of nitrogens with one attached hydrogen (secondary N) is 1. The van der Waals surface area contributed by atoms with Crippen molar-refractivity contribution in [3.8, 4) is 5.75 Å². The summed E-state index contributed by atoms with van der Waals surface area (Å²) in [6, 6.07) is 8.13. The van der Waals surface area contributed by atoms with E-state index < -0.39 is 0 Å². The van der Waals surface area contributed by atoms with Gasteiger partial charge in [-0.1, -0.05) is 29.4 Å². The number of hydrogen-bond acceptors (Lipinski definition) is 6. The van der Waals surface area contributed by atoms with Crippen LogP contribution in [0.25, 0.3) is 0 Å². The van der Waals surface area contributed by atoms with Crippen LogP contribution in [0.5, 0.6) is 5.75 Å². The van der Waals surface area contributed by atoms with Crippen LogP contribution >= 0.6 is 34.7 Å². The van der Waals surface area contributed by atoms with E-state index in [0.717, 1.165) is 35.8 Å². The summed E-state index contributed by atoms with van der Waals surface area (Å²) in [7, 11) is 1.56. The molecule has 30 heavy (non-hydrogen) atoms. The van der Waals surface area contributed by atoms with Crippen LogP contribution in [0.1, 0.15) is 42.1 Å². The second kappa shape index (κ2) is 8.99. The molecule has 1 aliphatic rings. The van der Waals surface area contributed by atoms with Crippen molar-refractivity contribution in [1.29, 1.82) is 0 Å². The van der Waals surface area contributed by atoms with Crippen LogP contribution in [0.15, 0.2) is 34.8 Å². The number of ether oxygens (including phenoxy) is 1. The van der Waals surface area contributed by atoms with Gasteiger partial charge < -0.3 is 14.6 Å². The summed E-state index contributed by atoms with van der Waals surface area (Å²) in [6.45, 7) is 3.77. The quantitative estimate of drug-likeness (QED) is 0.456. The number of carbonyl (C=O) groups excluding carboxylic acids is 1. The molecular weight excluding hydrogens is 440 g/mol. The molecule has 2 aromatic heterocycles. The van der Waals surface area contributed by atoms with Crippen molar-refractivity contribution in [2.24, 2.45) is 0 Å². The van der Waals surface area contributed by atoms with Crippen molar-refractivity contribution >= 4 is 46.3 Å². The Labute approximate surface area is 189 Å². The summed E-state index contributed by atoms with van der Waals surface area (Å²) in [4.78, 5) is 14.1. The molecule has 0 radical (unpaired) electrons. The zero-order chi connectivity index (χ0) is 21.3. The van der Waals surface area contributed by atoms with Gasteiger partial charge in [0.25, 0.3) is 0 Å². The summed E-state index contributed by atoms with van der Waals surface area (Å²) in [5.41, 5.74) is 1.48. The molecule has 1 atom stereocenters. The van der Waals surface area contributed by atoms with E-state index in [2.05, 4.69) is 31.5 Å². The van der Waals surface area contributed by atoms with Gasteiger partial charge in [-0.05, 0) is 49.8 Å². The van der Waals surface area contributed by atoms with E-state index in [1.165, 1.54) is 16.6 Å². The lowest BCUT2D eigenvalue weighted by Crippen LogP contribution is -2.23. The molecule has 1 N–H and O–H groups in total. The topological polar surface area (TPSA) is 69.0 Å².